The fourth-order valence-electron chi connectivity index (χ4n) is 2.53. The van der Waals surface area contributed by atoms with E-state index in [4.69, 9.17) is 11.5 Å². The van der Waals surface area contributed by atoms with Crippen LogP contribution in [0.25, 0.3) is 0 Å². The van der Waals surface area contributed by atoms with Crippen LogP contribution in [0.15, 0.2) is 0 Å². The van der Waals surface area contributed by atoms with Gasteiger partial charge in [0.2, 0.25) is 5.91 Å². The summed E-state index contributed by atoms with van der Waals surface area (Å²) < 4.78 is -0.537. The SMILES string of the molecule is NC(=O)C1C2CCN(CC2)C1(N)I. The Balaban J connectivity index is 2.29. The maximum Gasteiger partial charge on any atom is 0.224 e. The van der Waals surface area contributed by atoms with Crippen molar-refractivity contribution in [1.82, 2.24) is 4.90 Å². The summed E-state index contributed by atoms with van der Waals surface area (Å²) in [6.45, 7) is 2.02. The Morgan fingerprint density at radius 2 is 2.00 bits per heavy atom. The largest absolute Gasteiger partial charge is 0.369 e. The van der Waals surface area contributed by atoms with E-state index in [2.05, 4.69) is 27.5 Å². The lowest BCUT2D eigenvalue weighted by atomic mass is 9.76. The number of halogens is 1. The molecule has 0 saturated carbocycles. The smallest absolute Gasteiger partial charge is 0.224 e. The van der Waals surface area contributed by atoms with Crippen molar-refractivity contribution < 1.29 is 4.79 Å². The maximum atomic E-state index is 11.3. The molecule has 3 rings (SSSR count). The first kappa shape index (κ1) is 9.67. The normalized spacial score (nSPS) is 49.2. The molecule has 0 aromatic rings. The molecule has 74 valence electrons. The van der Waals surface area contributed by atoms with Gasteiger partial charge in [-0.15, -0.1) is 0 Å². The molecule has 0 radical (unpaired) electrons. The molecule has 0 aliphatic carbocycles. The number of carbonyl (C=O) groups is 1. The number of fused-ring (bicyclic) bond motifs is 3. The maximum absolute atomic E-state index is 11.3. The van der Waals surface area contributed by atoms with Crippen molar-refractivity contribution >= 4 is 28.5 Å². The molecule has 0 spiro atoms. The van der Waals surface area contributed by atoms with Crippen molar-refractivity contribution in [3.63, 3.8) is 0 Å². The third-order valence-corrected chi connectivity index (χ3v) is 4.59. The minimum absolute atomic E-state index is 0.171. The van der Waals surface area contributed by atoms with Crippen LogP contribution in [0, 0.1) is 11.8 Å². The zero-order chi connectivity index (χ0) is 9.64. The number of rotatable bonds is 1. The summed E-state index contributed by atoms with van der Waals surface area (Å²) in [5, 5.41) is 0. The van der Waals surface area contributed by atoms with Crippen LogP contribution in [0.2, 0.25) is 0 Å². The van der Waals surface area contributed by atoms with Gasteiger partial charge >= 0.3 is 0 Å². The molecule has 3 heterocycles. The Morgan fingerprint density at radius 1 is 1.46 bits per heavy atom. The van der Waals surface area contributed by atoms with Crippen molar-refractivity contribution in [2.45, 2.75) is 16.5 Å². The van der Waals surface area contributed by atoms with E-state index in [1.807, 2.05) is 0 Å². The van der Waals surface area contributed by atoms with Gasteiger partial charge in [-0.05, 0) is 41.4 Å². The molecule has 1 amide bonds. The average molecular weight is 295 g/mol. The molecule has 5 heteroatoms. The summed E-state index contributed by atoms with van der Waals surface area (Å²) in [7, 11) is 0. The molecule has 3 aliphatic heterocycles. The molecule has 3 aliphatic rings. The minimum Gasteiger partial charge on any atom is -0.369 e. The number of amides is 1. The van der Waals surface area contributed by atoms with Crippen molar-refractivity contribution in [3.05, 3.63) is 0 Å². The molecule has 3 saturated heterocycles. The van der Waals surface area contributed by atoms with Gasteiger partial charge in [0.1, 0.15) is 3.67 Å². The molecule has 2 bridgehead atoms. The van der Waals surface area contributed by atoms with Gasteiger partial charge in [-0.1, -0.05) is 0 Å². The van der Waals surface area contributed by atoms with Crippen LogP contribution in [-0.4, -0.2) is 27.6 Å². The van der Waals surface area contributed by atoms with Crippen molar-refractivity contribution in [1.29, 1.82) is 0 Å². The predicted octanol–water partition coefficient (Wildman–Crippen LogP) is -0.139. The van der Waals surface area contributed by atoms with Gasteiger partial charge in [0.25, 0.3) is 0 Å². The molecule has 0 aromatic heterocycles. The second-order valence-electron chi connectivity index (χ2n) is 3.93. The Labute approximate surface area is 91.1 Å². The molecule has 0 aromatic carbocycles. The highest BCUT2D eigenvalue weighted by molar-refractivity contribution is 14.1. The van der Waals surface area contributed by atoms with E-state index < -0.39 is 3.67 Å². The van der Waals surface area contributed by atoms with Crippen LogP contribution >= 0.6 is 22.6 Å². The van der Waals surface area contributed by atoms with E-state index in [-0.39, 0.29) is 11.8 Å². The Hall–Kier alpha value is 0.120. The zero-order valence-electron chi connectivity index (χ0n) is 7.37. The summed E-state index contributed by atoms with van der Waals surface area (Å²) in [6.07, 6.45) is 2.13. The van der Waals surface area contributed by atoms with Gasteiger partial charge in [-0.25, -0.2) is 0 Å². The van der Waals surface area contributed by atoms with Gasteiger partial charge < -0.3 is 11.5 Å². The van der Waals surface area contributed by atoms with E-state index in [9.17, 15) is 4.79 Å². The van der Waals surface area contributed by atoms with Crippen LogP contribution in [0.4, 0.5) is 0 Å². The Kier molecular flexibility index (Phi) is 2.28. The first-order chi connectivity index (χ1) is 6.03. The minimum atomic E-state index is -0.537. The zero-order valence-corrected chi connectivity index (χ0v) is 9.53. The average Bonchev–Trinajstić information content (AvgIpc) is 2.03. The van der Waals surface area contributed by atoms with Crippen LogP contribution in [0.1, 0.15) is 12.8 Å². The number of hydrogen-bond acceptors (Lipinski definition) is 3. The molecule has 3 fully saturated rings. The second-order valence-corrected chi connectivity index (χ2v) is 5.66. The van der Waals surface area contributed by atoms with E-state index in [1.54, 1.807) is 0 Å². The first-order valence-corrected chi connectivity index (χ1v) is 5.63. The fraction of sp³-hybridized carbons (Fsp3) is 0.875. The molecule has 4 N–H and O–H groups in total. The number of nitrogens with two attached hydrogens (primary N) is 2. The lowest BCUT2D eigenvalue weighted by Gasteiger charge is -2.53. The third-order valence-electron chi connectivity index (χ3n) is 3.24. The predicted molar refractivity (Wildman–Crippen MR) is 57.9 cm³/mol. The van der Waals surface area contributed by atoms with E-state index in [1.165, 1.54) is 0 Å². The number of nitrogens with zero attached hydrogens (tertiary/aromatic N) is 1. The summed E-state index contributed by atoms with van der Waals surface area (Å²) >= 11 is 2.16. The molecule has 4 nitrogen and oxygen atoms in total. The van der Waals surface area contributed by atoms with Crippen LogP contribution in [0.3, 0.4) is 0 Å². The molecular formula is C8H14IN3O. The van der Waals surface area contributed by atoms with Crippen molar-refractivity contribution in [3.8, 4) is 0 Å². The van der Waals surface area contributed by atoms with Gasteiger partial charge in [0.05, 0.1) is 5.92 Å². The van der Waals surface area contributed by atoms with E-state index >= 15 is 0 Å². The molecular weight excluding hydrogens is 281 g/mol. The Bertz CT molecular complexity index is 236. The summed E-state index contributed by atoms with van der Waals surface area (Å²) in [6, 6.07) is 0. The number of alkyl halides is 1. The third kappa shape index (κ3) is 1.37. The van der Waals surface area contributed by atoms with Crippen molar-refractivity contribution in [2.24, 2.45) is 23.3 Å². The number of piperidine rings is 3. The quantitative estimate of drug-likeness (QED) is 0.402. The van der Waals surface area contributed by atoms with Gasteiger partial charge in [-0.2, -0.15) is 0 Å². The summed E-state index contributed by atoms with van der Waals surface area (Å²) in [5.74, 6) is -0.00806. The lowest BCUT2D eigenvalue weighted by molar-refractivity contribution is -0.132. The molecule has 13 heavy (non-hydrogen) atoms. The molecule has 2 atom stereocenters. The van der Waals surface area contributed by atoms with Gasteiger partial charge in [0.15, 0.2) is 0 Å². The number of hydrogen-bond donors (Lipinski definition) is 2. The Morgan fingerprint density at radius 3 is 2.31 bits per heavy atom. The fourth-order valence-corrected chi connectivity index (χ4v) is 3.83. The lowest BCUT2D eigenvalue weighted by Crippen LogP contribution is -2.68. The highest BCUT2D eigenvalue weighted by Gasteiger charge is 2.52. The van der Waals surface area contributed by atoms with E-state index in [0.717, 1.165) is 25.9 Å². The first-order valence-electron chi connectivity index (χ1n) is 4.55. The second kappa shape index (κ2) is 3.06. The number of primary amides is 1. The van der Waals surface area contributed by atoms with Crippen LogP contribution in [0.5, 0.6) is 0 Å². The molecule has 2 unspecified atom stereocenters. The standard InChI is InChI=1S/C8H14IN3O/c9-8(11)6(7(10)13)5-1-3-12(8)4-2-5/h5-6H,1-4,11H2,(H2,10,13). The highest BCUT2D eigenvalue weighted by Crippen LogP contribution is 2.44. The monoisotopic (exact) mass is 295 g/mol. The van der Waals surface area contributed by atoms with Gasteiger partial charge in [-0.3, -0.25) is 9.69 Å². The summed E-state index contributed by atoms with van der Waals surface area (Å²) in [5.41, 5.74) is 11.5. The number of carbonyl (C=O) groups excluding carboxylic acids is 1. The topological polar surface area (TPSA) is 72.4 Å². The summed E-state index contributed by atoms with van der Waals surface area (Å²) in [4.78, 5) is 13.4. The highest BCUT2D eigenvalue weighted by atomic mass is 127. The van der Waals surface area contributed by atoms with Crippen molar-refractivity contribution in [2.75, 3.05) is 13.1 Å². The van der Waals surface area contributed by atoms with Gasteiger partial charge in [0, 0.05) is 13.1 Å². The van der Waals surface area contributed by atoms with E-state index in [0.29, 0.717) is 5.92 Å². The van der Waals surface area contributed by atoms with Crippen LogP contribution in [-0.2, 0) is 4.79 Å². The van der Waals surface area contributed by atoms with Crippen LogP contribution < -0.4 is 11.5 Å².